The molecule has 0 fully saturated rings. The summed E-state index contributed by atoms with van der Waals surface area (Å²) in [6.45, 7) is 0. The molecule has 0 radical (unpaired) electrons. The SMILES string of the molecule is N#Cc1cc(C#N)cc(-c2cc(-c3nc(-c4ccccc4)nc(-c4ccccc4)n3)cc(-c3cc(C#N)cc(C#N)c3)c2-n2c3ccccc3c3c4sc5ccccc5c4ccc32)c1. The van der Waals surface area contributed by atoms with Crippen LogP contribution in [-0.4, -0.2) is 19.5 Å². The van der Waals surface area contributed by atoms with E-state index in [0.29, 0.717) is 73.2 Å². The van der Waals surface area contributed by atoms with E-state index in [1.165, 1.54) is 10.1 Å². The lowest BCUT2D eigenvalue weighted by Crippen LogP contribution is -2.04. The second-order valence-electron chi connectivity index (χ2n) is 15.3. The molecule has 294 valence electrons. The minimum absolute atomic E-state index is 0.317. The Morgan fingerprint density at radius 3 is 1.39 bits per heavy atom. The highest BCUT2D eigenvalue weighted by Gasteiger charge is 2.25. The average molecular weight is 833 g/mol. The zero-order valence-electron chi connectivity index (χ0n) is 33.7. The number of hydrogen-bond acceptors (Lipinski definition) is 8. The highest BCUT2D eigenvalue weighted by Crippen LogP contribution is 2.47. The van der Waals surface area contributed by atoms with Gasteiger partial charge in [0.05, 0.1) is 63.3 Å². The molecule has 0 aliphatic rings. The van der Waals surface area contributed by atoms with Crippen LogP contribution in [0.5, 0.6) is 0 Å². The van der Waals surface area contributed by atoms with Crippen molar-refractivity contribution >= 4 is 53.3 Å². The third kappa shape index (κ3) is 6.30. The van der Waals surface area contributed by atoms with Crippen LogP contribution in [0.25, 0.3) is 104 Å². The van der Waals surface area contributed by atoms with Crippen molar-refractivity contribution < 1.29 is 0 Å². The molecule has 64 heavy (non-hydrogen) atoms. The number of rotatable bonds is 6. The normalized spacial score (nSPS) is 11.1. The first-order valence-electron chi connectivity index (χ1n) is 20.3. The lowest BCUT2D eigenvalue weighted by Gasteiger charge is -2.21. The molecule has 0 bridgehead atoms. The fourth-order valence-electron chi connectivity index (χ4n) is 8.68. The molecule has 9 heteroatoms. The van der Waals surface area contributed by atoms with Crippen LogP contribution in [0, 0.1) is 45.3 Å². The van der Waals surface area contributed by atoms with Gasteiger partial charge in [-0.15, -0.1) is 11.3 Å². The van der Waals surface area contributed by atoms with Crippen LogP contribution in [0.4, 0.5) is 0 Å². The Labute approximate surface area is 370 Å². The lowest BCUT2D eigenvalue weighted by atomic mass is 9.90. The Balaban J connectivity index is 1.33. The molecule has 11 rings (SSSR count). The van der Waals surface area contributed by atoms with Gasteiger partial charge in [0.2, 0.25) is 0 Å². The van der Waals surface area contributed by atoms with Gasteiger partial charge < -0.3 is 4.57 Å². The molecule has 0 spiro atoms. The van der Waals surface area contributed by atoms with E-state index < -0.39 is 0 Å². The van der Waals surface area contributed by atoms with Crippen molar-refractivity contribution in [3.63, 3.8) is 0 Å². The van der Waals surface area contributed by atoms with Crippen LogP contribution < -0.4 is 0 Å². The highest BCUT2D eigenvalue weighted by atomic mass is 32.1. The first kappa shape index (κ1) is 37.7. The summed E-state index contributed by atoms with van der Waals surface area (Å²) < 4.78 is 4.57. The minimum Gasteiger partial charge on any atom is -0.308 e. The van der Waals surface area contributed by atoms with E-state index in [4.69, 9.17) is 15.0 Å². The molecule has 3 heterocycles. The maximum Gasteiger partial charge on any atom is 0.164 e. The number of hydrogen-bond donors (Lipinski definition) is 0. The van der Waals surface area contributed by atoms with Gasteiger partial charge in [0.25, 0.3) is 0 Å². The quantitative estimate of drug-likeness (QED) is 0.162. The summed E-state index contributed by atoms with van der Waals surface area (Å²) in [4.78, 5) is 15.2. The molecule has 0 saturated heterocycles. The maximum atomic E-state index is 10.3. The molecule has 11 aromatic rings. The number of thiophene rings is 1. The number of para-hydroxylation sites is 1. The van der Waals surface area contributed by atoms with E-state index in [-0.39, 0.29) is 0 Å². The van der Waals surface area contributed by atoms with Crippen LogP contribution in [0.1, 0.15) is 22.3 Å². The molecule has 0 aliphatic carbocycles. The van der Waals surface area contributed by atoms with Crippen LogP contribution in [0.3, 0.4) is 0 Å². The molecule has 0 amide bonds. The Hall–Kier alpha value is -9.25. The molecule has 0 N–H and O–H groups in total. The number of nitrogens with zero attached hydrogens (tertiary/aromatic N) is 8. The minimum atomic E-state index is 0.317. The standard InChI is InChI=1S/C55H28N8S/c56-29-33-21-34(30-57)24-39(23-33)45-27-41(55-61-53(37-11-3-1-4-12-37)60-54(62-55)38-13-5-2-6-14-38)28-46(40-25-35(31-58)22-36(26-40)32-59)51(45)63-47-17-9-7-16-44(47)50-48(63)20-19-43-42-15-8-10-18-49(42)64-52(43)50/h1-28H. The maximum absolute atomic E-state index is 10.3. The van der Waals surface area contributed by atoms with Crippen molar-refractivity contribution in [2.24, 2.45) is 0 Å². The molecular formula is C55H28N8S. The molecule has 0 saturated carbocycles. The molecule has 0 unspecified atom stereocenters. The average Bonchev–Trinajstić information content (AvgIpc) is 3.91. The van der Waals surface area contributed by atoms with E-state index in [0.717, 1.165) is 43.0 Å². The third-order valence-corrected chi connectivity index (χ3v) is 12.7. The van der Waals surface area contributed by atoms with E-state index in [2.05, 4.69) is 77.4 Å². The molecule has 8 aromatic carbocycles. The number of fused-ring (bicyclic) bond motifs is 7. The fraction of sp³-hybridized carbons (Fsp3) is 0. The third-order valence-electron chi connectivity index (χ3n) is 11.5. The van der Waals surface area contributed by atoms with Crippen molar-refractivity contribution in [2.45, 2.75) is 0 Å². The molecule has 0 atom stereocenters. The van der Waals surface area contributed by atoms with Crippen molar-refractivity contribution in [1.82, 2.24) is 19.5 Å². The predicted molar refractivity (Wildman–Crippen MR) is 253 cm³/mol. The van der Waals surface area contributed by atoms with Crippen LogP contribution in [0.2, 0.25) is 0 Å². The number of benzene rings is 8. The van der Waals surface area contributed by atoms with Crippen molar-refractivity contribution in [1.29, 1.82) is 21.0 Å². The van der Waals surface area contributed by atoms with Gasteiger partial charge in [-0.2, -0.15) is 21.0 Å². The van der Waals surface area contributed by atoms with Gasteiger partial charge in [-0.1, -0.05) is 103 Å². The van der Waals surface area contributed by atoms with Gasteiger partial charge in [0.15, 0.2) is 17.5 Å². The zero-order chi connectivity index (χ0) is 43.3. The van der Waals surface area contributed by atoms with Crippen molar-refractivity contribution in [3.05, 3.63) is 192 Å². The Morgan fingerprint density at radius 2 is 0.859 bits per heavy atom. The zero-order valence-corrected chi connectivity index (χ0v) is 34.5. The number of nitriles is 4. The van der Waals surface area contributed by atoms with Crippen LogP contribution in [0.15, 0.2) is 170 Å². The number of aromatic nitrogens is 4. The summed E-state index contributed by atoms with van der Waals surface area (Å²) in [5.41, 5.74) is 8.62. The first-order valence-corrected chi connectivity index (χ1v) is 21.1. The fourth-order valence-corrected chi connectivity index (χ4v) is 9.94. The Morgan fingerprint density at radius 1 is 0.391 bits per heavy atom. The van der Waals surface area contributed by atoms with E-state index in [1.807, 2.05) is 84.9 Å². The lowest BCUT2D eigenvalue weighted by molar-refractivity contribution is 1.07. The van der Waals surface area contributed by atoms with Crippen molar-refractivity contribution in [2.75, 3.05) is 0 Å². The van der Waals surface area contributed by atoms with Gasteiger partial charge in [-0.05, 0) is 77.9 Å². The second kappa shape index (κ2) is 15.3. The van der Waals surface area contributed by atoms with E-state index in [1.54, 1.807) is 47.7 Å². The van der Waals surface area contributed by atoms with Crippen LogP contribution >= 0.6 is 11.3 Å². The Bertz CT molecular complexity index is 3680. The molecule has 0 aliphatic heterocycles. The predicted octanol–water partition coefficient (Wildman–Crippen LogP) is 13.2. The van der Waals surface area contributed by atoms with Gasteiger partial charge in [0, 0.05) is 58.8 Å². The smallest absolute Gasteiger partial charge is 0.164 e. The summed E-state index contributed by atoms with van der Waals surface area (Å²) in [5.74, 6) is 1.33. The highest BCUT2D eigenvalue weighted by molar-refractivity contribution is 7.26. The largest absolute Gasteiger partial charge is 0.308 e. The van der Waals surface area contributed by atoms with Gasteiger partial charge in [-0.25, -0.2) is 15.0 Å². The summed E-state index contributed by atoms with van der Waals surface area (Å²) in [7, 11) is 0. The summed E-state index contributed by atoms with van der Waals surface area (Å²) >= 11 is 1.75. The topological polar surface area (TPSA) is 139 Å². The summed E-state index contributed by atoms with van der Waals surface area (Å²) in [6.07, 6.45) is 0. The first-order chi connectivity index (χ1) is 31.5. The summed E-state index contributed by atoms with van der Waals surface area (Å²) in [6, 6.07) is 63.9. The van der Waals surface area contributed by atoms with Gasteiger partial charge in [0.1, 0.15) is 0 Å². The second-order valence-corrected chi connectivity index (χ2v) is 16.3. The Kier molecular flexibility index (Phi) is 9.04. The van der Waals surface area contributed by atoms with Crippen LogP contribution in [-0.2, 0) is 0 Å². The molecular weight excluding hydrogens is 805 g/mol. The molecule has 8 nitrogen and oxygen atoms in total. The van der Waals surface area contributed by atoms with Gasteiger partial charge in [-0.3, -0.25) is 0 Å². The summed E-state index contributed by atoms with van der Waals surface area (Å²) in [5, 5.41) is 45.8. The monoisotopic (exact) mass is 832 g/mol. The van der Waals surface area contributed by atoms with E-state index in [9.17, 15) is 21.0 Å². The van der Waals surface area contributed by atoms with Crippen molar-refractivity contribution in [3.8, 4) is 86.4 Å². The molecule has 3 aromatic heterocycles. The van der Waals surface area contributed by atoms with E-state index >= 15 is 0 Å². The van der Waals surface area contributed by atoms with Gasteiger partial charge >= 0.3 is 0 Å².